The molecule has 4 rings (SSSR count). The van der Waals surface area contributed by atoms with E-state index in [0.29, 0.717) is 17.1 Å². The van der Waals surface area contributed by atoms with E-state index in [1.807, 2.05) is 0 Å². The van der Waals surface area contributed by atoms with E-state index >= 15 is 0 Å². The highest BCUT2D eigenvalue weighted by atomic mass is 19.3. The number of ether oxygens (including phenoxy) is 3. The first-order chi connectivity index (χ1) is 14.9. The van der Waals surface area contributed by atoms with Crippen LogP contribution in [0.15, 0.2) is 30.5 Å². The van der Waals surface area contributed by atoms with Crippen LogP contribution in [0.5, 0.6) is 11.5 Å². The number of rotatable bonds is 6. The fourth-order valence-corrected chi connectivity index (χ4v) is 3.63. The Labute approximate surface area is 175 Å². The third-order valence-electron chi connectivity index (χ3n) is 5.27. The van der Waals surface area contributed by atoms with Gasteiger partial charge in [-0.05, 0) is 24.3 Å². The average molecular weight is 437 g/mol. The Morgan fingerprint density at radius 2 is 1.87 bits per heavy atom. The predicted octanol–water partition coefficient (Wildman–Crippen LogP) is 1.66. The molecule has 3 heterocycles. The summed E-state index contributed by atoms with van der Waals surface area (Å²) in [6.07, 6.45) is -6.64. The molecule has 0 aliphatic carbocycles. The maximum absolute atomic E-state index is 13.8. The molecule has 1 saturated heterocycles. The summed E-state index contributed by atoms with van der Waals surface area (Å²) in [5.41, 5.74) is 0.456. The van der Waals surface area contributed by atoms with Gasteiger partial charge in [0.1, 0.15) is 18.3 Å². The largest absolute Gasteiger partial charge is 0.493 e. The van der Waals surface area contributed by atoms with E-state index in [1.54, 1.807) is 18.2 Å². The van der Waals surface area contributed by atoms with Crippen LogP contribution in [0.4, 0.5) is 8.78 Å². The van der Waals surface area contributed by atoms with Gasteiger partial charge in [-0.25, -0.2) is 18.4 Å². The number of nitrogens with zero attached hydrogens (tertiary/aromatic N) is 3. The third-order valence-corrected chi connectivity index (χ3v) is 5.27. The number of halogens is 2. The van der Waals surface area contributed by atoms with Crippen molar-refractivity contribution in [1.29, 1.82) is 0 Å². The van der Waals surface area contributed by atoms with Crippen molar-refractivity contribution in [3.63, 3.8) is 0 Å². The molecule has 1 aliphatic rings. The SMILES string of the molecule is COc1ccc(-c2cc(C(F)F)c3cnn(C4OC(CO)C(O)C4O)c3n2)cc1OC. The second kappa shape index (κ2) is 8.35. The first-order valence-corrected chi connectivity index (χ1v) is 9.40. The van der Waals surface area contributed by atoms with Crippen LogP contribution < -0.4 is 9.47 Å². The topological polar surface area (TPSA) is 119 Å². The molecule has 0 radical (unpaired) electrons. The van der Waals surface area contributed by atoms with Crippen molar-refractivity contribution in [1.82, 2.24) is 14.8 Å². The highest BCUT2D eigenvalue weighted by Crippen LogP contribution is 2.37. The second-order valence-corrected chi connectivity index (χ2v) is 7.02. The van der Waals surface area contributed by atoms with Gasteiger partial charge in [-0.1, -0.05) is 0 Å². The number of fused-ring (bicyclic) bond motifs is 1. The quantitative estimate of drug-likeness (QED) is 0.533. The first-order valence-electron chi connectivity index (χ1n) is 9.40. The van der Waals surface area contributed by atoms with Crippen LogP contribution in [0.2, 0.25) is 0 Å². The van der Waals surface area contributed by atoms with E-state index in [1.165, 1.54) is 26.5 Å². The van der Waals surface area contributed by atoms with Crippen molar-refractivity contribution >= 4 is 11.0 Å². The minimum atomic E-state index is -2.81. The molecule has 0 bridgehead atoms. The lowest BCUT2D eigenvalue weighted by Gasteiger charge is -2.16. The van der Waals surface area contributed by atoms with Crippen LogP contribution in [0.1, 0.15) is 18.2 Å². The normalized spacial score (nSPS) is 23.6. The molecule has 31 heavy (non-hydrogen) atoms. The molecule has 1 aromatic carbocycles. The van der Waals surface area contributed by atoms with Crippen molar-refractivity contribution in [2.75, 3.05) is 20.8 Å². The van der Waals surface area contributed by atoms with Crippen LogP contribution in [0.3, 0.4) is 0 Å². The van der Waals surface area contributed by atoms with Crippen molar-refractivity contribution in [3.8, 4) is 22.8 Å². The number of aliphatic hydroxyl groups excluding tert-OH is 3. The monoisotopic (exact) mass is 437 g/mol. The number of pyridine rings is 1. The summed E-state index contributed by atoms with van der Waals surface area (Å²) in [4.78, 5) is 4.47. The van der Waals surface area contributed by atoms with Gasteiger partial charge in [0.2, 0.25) is 0 Å². The molecule has 0 amide bonds. The molecule has 1 aliphatic heterocycles. The van der Waals surface area contributed by atoms with E-state index < -0.39 is 37.6 Å². The zero-order valence-electron chi connectivity index (χ0n) is 16.6. The number of alkyl halides is 2. The van der Waals surface area contributed by atoms with Gasteiger partial charge in [0, 0.05) is 16.5 Å². The Morgan fingerprint density at radius 1 is 1.13 bits per heavy atom. The van der Waals surface area contributed by atoms with Gasteiger partial charge in [-0.2, -0.15) is 5.10 Å². The van der Waals surface area contributed by atoms with Crippen LogP contribution in [-0.4, -0.2) is 69.2 Å². The average Bonchev–Trinajstić information content (AvgIpc) is 3.33. The van der Waals surface area contributed by atoms with E-state index in [4.69, 9.17) is 14.2 Å². The summed E-state index contributed by atoms with van der Waals surface area (Å²) in [7, 11) is 2.94. The fourth-order valence-electron chi connectivity index (χ4n) is 3.63. The molecule has 0 saturated carbocycles. The van der Waals surface area contributed by atoms with Gasteiger partial charge in [-0.3, -0.25) is 0 Å². The van der Waals surface area contributed by atoms with Crippen molar-refractivity contribution in [2.45, 2.75) is 31.0 Å². The lowest BCUT2D eigenvalue weighted by Crippen LogP contribution is -2.33. The molecule has 166 valence electrons. The summed E-state index contributed by atoms with van der Waals surface area (Å²) in [5, 5.41) is 33.8. The first kappa shape index (κ1) is 21.4. The summed E-state index contributed by atoms with van der Waals surface area (Å²) in [5.74, 6) is 0.871. The Hall–Kier alpha value is -2.86. The molecule has 9 nitrogen and oxygen atoms in total. The molecule has 4 unspecified atom stereocenters. The Balaban J connectivity index is 1.87. The summed E-state index contributed by atoms with van der Waals surface area (Å²) < 4.78 is 44.8. The summed E-state index contributed by atoms with van der Waals surface area (Å²) in [6, 6.07) is 6.15. The zero-order chi connectivity index (χ0) is 22.3. The Bertz CT molecular complexity index is 1090. The van der Waals surface area contributed by atoms with Gasteiger partial charge in [0.15, 0.2) is 23.4 Å². The molecular formula is C20H21F2N3O6. The van der Waals surface area contributed by atoms with Crippen LogP contribution in [-0.2, 0) is 4.74 Å². The van der Waals surface area contributed by atoms with E-state index in [9.17, 15) is 24.1 Å². The van der Waals surface area contributed by atoms with Crippen molar-refractivity contribution in [2.24, 2.45) is 0 Å². The third kappa shape index (κ3) is 3.59. The minimum absolute atomic E-state index is 0.0393. The van der Waals surface area contributed by atoms with Gasteiger partial charge in [0.25, 0.3) is 6.43 Å². The van der Waals surface area contributed by atoms with E-state index in [2.05, 4.69) is 10.1 Å². The van der Waals surface area contributed by atoms with Gasteiger partial charge in [0.05, 0.1) is 32.7 Å². The number of hydrogen-bond acceptors (Lipinski definition) is 8. The number of aromatic nitrogens is 3. The number of hydrogen-bond donors (Lipinski definition) is 3. The van der Waals surface area contributed by atoms with Gasteiger partial charge in [-0.15, -0.1) is 0 Å². The minimum Gasteiger partial charge on any atom is -0.493 e. The number of aliphatic hydroxyl groups is 3. The molecule has 11 heteroatoms. The standard InChI is InChI=1S/C20H21F2N3O6/c1-29-13-4-3-9(5-14(13)30-2)12-6-10(18(21)22)11-7-23-25(19(11)24-12)20-17(28)16(27)15(8-26)31-20/h3-7,15-18,20,26-28H,8H2,1-2H3. The predicted molar refractivity (Wildman–Crippen MR) is 104 cm³/mol. The number of benzene rings is 1. The summed E-state index contributed by atoms with van der Waals surface area (Å²) in [6.45, 7) is -0.527. The zero-order valence-corrected chi connectivity index (χ0v) is 16.6. The van der Waals surface area contributed by atoms with Gasteiger partial charge >= 0.3 is 0 Å². The highest BCUT2D eigenvalue weighted by molar-refractivity contribution is 5.83. The van der Waals surface area contributed by atoms with Gasteiger partial charge < -0.3 is 29.5 Å². The number of methoxy groups -OCH3 is 2. The van der Waals surface area contributed by atoms with Crippen molar-refractivity contribution in [3.05, 3.63) is 36.0 Å². The Morgan fingerprint density at radius 3 is 2.48 bits per heavy atom. The van der Waals surface area contributed by atoms with Crippen LogP contribution in [0, 0.1) is 0 Å². The van der Waals surface area contributed by atoms with Crippen molar-refractivity contribution < 1.29 is 38.3 Å². The second-order valence-electron chi connectivity index (χ2n) is 7.02. The van der Waals surface area contributed by atoms with Crippen LogP contribution in [0.25, 0.3) is 22.3 Å². The molecular weight excluding hydrogens is 416 g/mol. The smallest absolute Gasteiger partial charge is 0.264 e. The molecule has 1 fully saturated rings. The maximum atomic E-state index is 13.8. The summed E-state index contributed by atoms with van der Waals surface area (Å²) >= 11 is 0. The lowest BCUT2D eigenvalue weighted by atomic mass is 10.1. The van der Waals surface area contributed by atoms with E-state index in [-0.39, 0.29) is 22.3 Å². The molecule has 3 N–H and O–H groups in total. The molecule has 0 spiro atoms. The molecule has 3 aromatic rings. The Kier molecular flexibility index (Phi) is 5.75. The fraction of sp³-hybridized carbons (Fsp3) is 0.400. The highest BCUT2D eigenvalue weighted by Gasteiger charge is 2.44. The maximum Gasteiger partial charge on any atom is 0.264 e. The van der Waals surface area contributed by atoms with E-state index in [0.717, 1.165) is 4.68 Å². The molecule has 2 aromatic heterocycles. The van der Waals surface area contributed by atoms with Crippen LogP contribution >= 0.6 is 0 Å². The lowest BCUT2D eigenvalue weighted by molar-refractivity contribution is -0.0566. The molecule has 4 atom stereocenters.